The SMILES string of the molecule is C(=NC1CCCCC1)=NC1CCCCC1.CC(C)N=C=NC(C)C.CCN=C=NCCCN(C)C.Cl.[2H]C#C.[2H]P(I)I([2H])C. The second kappa shape index (κ2) is 40.8. The minimum absolute atomic E-state index is 0. The Balaban J connectivity index is -0.000000251. The fourth-order valence-electron chi connectivity index (χ4n) is 3.52. The summed E-state index contributed by atoms with van der Waals surface area (Å²) in [6, 6.07) is 9.94. The number of terminal acetylenes is 1. The van der Waals surface area contributed by atoms with Crippen molar-refractivity contribution in [3.63, 3.8) is 0 Å². The van der Waals surface area contributed by atoms with E-state index in [1.165, 1.54) is 70.6 Å². The number of halogens is 3. The molecule has 7 nitrogen and oxygen atoms in total. The second-order valence-corrected chi connectivity index (χ2v) is 22.1. The Labute approximate surface area is 293 Å². The van der Waals surface area contributed by atoms with Crippen molar-refractivity contribution in [2.75, 3.05) is 38.7 Å². The number of rotatable bonds is 10. The maximum atomic E-state index is 7.02. The molecule has 42 heavy (non-hydrogen) atoms. The average molecular weight is 855 g/mol. The van der Waals surface area contributed by atoms with Gasteiger partial charge >= 0.3 is 53.1 Å². The van der Waals surface area contributed by atoms with Crippen LogP contribution in [0.2, 0.25) is 0 Å². The van der Waals surface area contributed by atoms with E-state index in [9.17, 15) is 0 Å². The van der Waals surface area contributed by atoms with E-state index in [2.05, 4.69) is 73.4 Å². The van der Waals surface area contributed by atoms with Crippen LogP contribution in [0.3, 0.4) is 0 Å². The third-order valence-electron chi connectivity index (χ3n) is 5.50. The van der Waals surface area contributed by atoms with Crippen LogP contribution in [0, 0.1) is 12.8 Å². The van der Waals surface area contributed by atoms with E-state index in [0.29, 0.717) is 24.2 Å². The Hall–Kier alpha value is -0.160. The summed E-state index contributed by atoms with van der Waals surface area (Å²) in [5.41, 5.74) is 0. The summed E-state index contributed by atoms with van der Waals surface area (Å²) in [5.74, 6) is 0. The van der Waals surface area contributed by atoms with E-state index in [1.54, 1.807) is 0 Å². The van der Waals surface area contributed by atoms with Crippen LogP contribution in [0.5, 0.6) is 0 Å². The third-order valence-corrected chi connectivity index (χ3v) is 14.1. The molecule has 0 bridgehead atoms. The van der Waals surface area contributed by atoms with Crippen LogP contribution in [0.1, 0.15) is 107 Å². The molecule has 2 saturated carbocycles. The standard InChI is InChI=1S/C13H22N2.C8H17N3.C7H14N2.C2H2.CH5I2P.ClH/c1-3-7-12(8-4-1)14-11-15-13-9-5-2-6-10-13;1-4-9-8-10-6-5-7-11(2)3;1-6(2)8-5-9-7(3)4;1-2;1-3-4-2;/h12-13H,1-10H2;4-7H2,1-3H3;6-7H,1-4H3;1-2H;3-4H,1H3;1H/i;;;1D;3D,4D;. The summed E-state index contributed by atoms with van der Waals surface area (Å²) in [6.07, 6.45) is 20.1. The molecular formula is C31H61ClI2N7P. The summed E-state index contributed by atoms with van der Waals surface area (Å²) < 4.78 is 19.1. The van der Waals surface area contributed by atoms with Gasteiger partial charge in [0.1, 0.15) is 1.37 Å². The van der Waals surface area contributed by atoms with Crippen molar-refractivity contribution >= 4 is 76.7 Å². The molecule has 11 heteroatoms. The van der Waals surface area contributed by atoms with Crippen LogP contribution in [-0.4, -0.2) is 87.6 Å². The average Bonchev–Trinajstić information content (AvgIpc) is 2.97. The molecule has 0 heterocycles. The minimum atomic E-state index is -1.42. The van der Waals surface area contributed by atoms with Gasteiger partial charge < -0.3 is 4.90 Å². The number of aliphatic imine (C=N–C) groups is 6. The quantitative estimate of drug-likeness (QED) is 0.0539. The zero-order valence-corrected chi connectivity index (χ0v) is 33.6. The molecule has 1 atom stereocenters. The van der Waals surface area contributed by atoms with Crippen LogP contribution in [0.4, 0.5) is 0 Å². The van der Waals surface area contributed by atoms with E-state index in [4.69, 9.17) is 3.24 Å². The summed E-state index contributed by atoms with van der Waals surface area (Å²) >= 11 is 0.630. The molecule has 2 fully saturated rings. The molecular weight excluding hydrogens is 791 g/mol. The third kappa shape index (κ3) is 44.3. The summed E-state index contributed by atoms with van der Waals surface area (Å²) in [6.45, 7) is 12.7. The van der Waals surface area contributed by atoms with Gasteiger partial charge in [0.2, 0.25) is 0 Å². The molecule has 0 aliphatic heterocycles. The number of nitrogens with zero attached hydrogens (tertiary/aromatic N) is 7. The van der Waals surface area contributed by atoms with Crippen molar-refractivity contribution in [3.05, 3.63) is 0 Å². The first-order valence-electron chi connectivity index (χ1n) is 16.2. The van der Waals surface area contributed by atoms with Crippen molar-refractivity contribution in [3.8, 4) is 12.8 Å². The molecule has 0 spiro atoms. The van der Waals surface area contributed by atoms with Crippen molar-refractivity contribution < 1.29 is 1.37 Å². The van der Waals surface area contributed by atoms with Gasteiger partial charge in [0, 0.05) is 6.54 Å². The van der Waals surface area contributed by atoms with Crippen LogP contribution in [0.25, 0.3) is 0 Å². The molecule has 0 aromatic carbocycles. The normalized spacial score (nSPS) is 16.0. The second-order valence-electron chi connectivity index (χ2n) is 10.3. The van der Waals surface area contributed by atoms with Gasteiger partial charge in [0.05, 0.1) is 48.7 Å². The number of alkyl halides is 1. The van der Waals surface area contributed by atoms with Gasteiger partial charge in [-0.1, -0.05) is 38.5 Å². The van der Waals surface area contributed by atoms with Gasteiger partial charge in [-0.05, 0) is 87.4 Å². The monoisotopic (exact) mass is 854 g/mol. The Morgan fingerprint density at radius 2 is 1.36 bits per heavy atom. The maximum absolute atomic E-state index is 7.02. The van der Waals surface area contributed by atoms with Gasteiger partial charge in [-0.3, -0.25) is 0 Å². The van der Waals surface area contributed by atoms with E-state index >= 15 is 0 Å². The van der Waals surface area contributed by atoms with Gasteiger partial charge in [-0.15, -0.1) is 25.2 Å². The Morgan fingerprint density at radius 1 is 0.929 bits per heavy atom. The number of hydrogen-bond donors (Lipinski definition) is 0. The van der Waals surface area contributed by atoms with Crippen LogP contribution in [0.15, 0.2) is 30.0 Å². The van der Waals surface area contributed by atoms with E-state index in [0.717, 1.165) is 26.1 Å². The van der Waals surface area contributed by atoms with Crippen molar-refractivity contribution in [1.29, 1.82) is 1.87 Å². The van der Waals surface area contributed by atoms with E-state index < -0.39 is 24.3 Å². The molecule has 0 radical (unpaired) electrons. The molecule has 246 valence electrons. The molecule has 0 N–H and O–H groups in total. The summed E-state index contributed by atoms with van der Waals surface area (Å²) in [5, 5.41) is 0. The Morgan fingerprint density at radius 3 is 1.69 bits per heavy atom. The molecule has 2 rings (SSSR count). The van der Waals surface area contributed by atoms with Gasteiger partial charge in [-0.2, -0.15) is 0 Å². The number of hydrogen-bond acceptors (Lipinski definition) is 7. The predicted octanol–water partition coefficient (Wildman–Crippen LogP) is 9.87. The van der Waals surface area contributed by atoms with Crippen molar-refractivity contribution in [1.82, 2.24) is 4.90 Å². The van der Waals surface area contributed by atoms with E-state index in [1.807, 2.05) is 61.6 Å². The summed E-state index contributed by atoms with van der Waals surface area (Å²) in [4.78, 5) is 28.7. The zero-order valence-electron chi connectivity index (χ0n) is 30.5. The zero-order chi connectivity index (χ0) is 34.0. The molecule has 0 aromatic heterocycles. The van der Waals surface area contributed by atoms with Crippen molar-refractivity contribution in [2.45, 2.75) is 129 Å². The topological polar surface area (TPSA) is 77.4 Å². The van der Waals surface area contributed by atoms with Gasteiger partial charge in [-0.25, -0.2) is 30.0 Å². The van der Waals surface area contributed by atoms with Gasteiger partial charge in [0.25, 0.3) is 0 Å². The Bertz CT molecular complexity index is 833. The first kappa shape index (κ1) is 41.8. The van der Waals surface area contributed by atoms with E-state index in [-0.39, 0.29) is 12.4 Å². The molecule has 2 aliphatic rings. The fourth-order valence-corrected chi connectivity index (χ4v) is 3.52. The molecule has 0 amide bonds. The molecule has 1 unspecified atom stereocenters. The Kier molecular flexibility index (Phi) is 40.7. The predicted molar refractivity (Wildman–Crippen MR) is 213 cm³/mol. The van der Waals surface area contributed by atoms with Crippen LogP contribution >= 0.6 is 58.7 Å². The molecule has 0 saturated heterocycles. The van der Waals surface area contributed by atoms with Crippen molar-refractivity contribution in [2.24, 2.45) is 30.0 Å². The van der Waals surface area contributed by atoms with Crippen LogP contribution < -0.4 is 0 Å². The summed E-state index contributed by atoms with van der Waals surface area (Å²) in [7, 11) is 4.12. The van der Waals surface area contributed by atoms with Crippen LogP contribution in [-0.2, 0) is 0 Å². The molecule has 2 aliphatic carbocycles. The molecule has 0 aromatic rings. The van der Waals surface area contributed by atoms with Gasteiger partial charge in [0.15, 0.2) is 0 Å². The fraction of sp³-hybridized carbons (Fsp3) is 0.839. The first-order valence-corrected chi connectivity index (χ1v) is 23.5. The first-order chi connectivity index (χ1) is 20.9.